The minimum absolute atomic E-state index is 0.953. The molecule has 0 saturated carbocycles. The van der Waals surface area contributed by atoms with E-state index in [1.54, 1.807) is 11.3 Å². The molecule has 8 rings (SSSR count). The molecule has 0 unspecified atom stereocenters. The van der Waals surface area contributed by atoms with Crippen molar-refractivity contribution in [3.63, 3.8) is 0 Å². The molecule has 0 aliphatic carbocycles. The van der Waals surface area contributed by atoms with E-state index in [0.29, 0.717) is 0 Å². The third-order valence-electron chi connectivity index (χ3n) is 7.33. The van der Waals surface area contributed by atoms with E-state index in [1.807, 2.05) is 42.7 Å². The Balaban J connectivity index is 1.40. The van der Waals surface area contributed by atoms with E-state index in [4.69, 9.17) is 4.98 Å². The van der Waals surface area contributed by atoms with Crippen molar-refractivity contribution in [2.24, 2.45) is 0 Å². The van der Waals surface area contributed by atoms with Crippen molar-refractivity contribution in [2.45, 2.75) is 0 Å². The van der Waals surface area contributed by atoms with Crippen molar-refractivity contribution in [3.8, 4) is 38.8 Å². The number of para-hydroxylation sites is 1. The van der Waals surface area contributed by atoms with Gasteiger partial charge >= 0.3 is 0 Å². The molecule has 0 N–H and O–H groups in total. The lowest BCUT2D eigenvalue weighted by molar-refractivity contribution is 1.18. The highest BCUT2D eigenvalue weighted by Crippen LogP contribution is 2.38. The van der Waals surface area contributed by atoms with Crippen molar-refractivity contribution in [1.29, 1.82) is 0 Å². The van der Waals surface area contributed by atoms with E-state index in [-0.39, 0.29) is 0 Å². The van der Waals surface area contributed by atoms with Crippen molar-refractivity contribution in [2.75, 3.05) is 0 Å². The highest BCUT2D eigenvalue weighted by molar-refractivity contribution is 7.21. The summed E-state index contributed by atoms with van der Waals surface area (Å²) >= 11 is 1.73. The van der Waals surface area contributed by atoms with Crippen molar-refractivity contribution < 1.29 is 0 Å². The minimum Gasteiger partial charge on any atom is -0.309 e. The molecule has 4 aromatic carbocycles. The number of aromatic nitrogens is 4. The number of thiazole rings is 1. The molecule has 4 heterocycles. The molecule has 0 amide bonds. The van der Waals surface area contributed by atoms with Crippen LogP contribution in [0.2, 0.25) is 0 Å². The maximum atomic E-state index is 4.95. The fourth-order valence-electron chi connectivity index (χ4n) is 5.46. The summed E-state index contributed by atoms with van der Waals surface area (Å²) in [6, 6.07) is 42.3. The van der Waals surface area contributed by atoms with Crippen LogP contribution in [0.5, 0.6) is 0 Å². The monoisotopic (exact) mass is 530 g/mol. The van der Waals surface area contributed by atoms with E-state index in [9.17, 15) is 0 Å². The van der Waals surface area contributed by atoms with Crippen LogP contribution in [-0.2, 0) is 0 Å². The predicted octanol–water partition coefficient (Wildman–Crippen LogP) is 9.18. The summed E-state index contributed by atoms with van der Waals surface area (Å²) in [4.78, 5) is 14.2. The first-order chi connectivity index (χ1) is 19.8. The summed E-state index contributed by atoms with van der Waals surface area (Å²) in [6.07, 6.45) is 3.68. The van der Waals surface area contributed by atoms with Crippen molar-refractivity contribution in [1.82, 2.24) is 19.5 Å². The average molecular weight is 531 g/mol. The molecule has 5 heteroatoms. The number of benzene rings is 4. The van der Waals surface area contributed by atoms with Gasteiger partial charge in [-0.05, 0) is 60.7 Å². The maximum absolute atomic E-state index is 4.95. The van der Waals surface area contributed by atoms with Crippen LogP contribution in [0, 0.1) is 0 Å². The fraction of sp³-hybridized carbons (Fsp3) is 0. The molecular weight excluding hydrogens is 508 g/mol. The molecule has 40 heavy (non-hydrogen) atoms. The average Bonchev–Trinajstić information content (AvgIpc) is 3.61. The van der Waals surface area contributed by atoms with E-state index < -0.39 is 0 Å². The van der Waals surface area contributed by atoms with Gasteiger partial charge in [-0.3, -0.25) is 9.97 Å². The van der Waals surface area contributed by atoms with Crippen LogP contribution in [0.25, 0.3) is 70.8 Å². The van der Waals surface area contributed by atoms with Crippen LogP contribution in [0.4, 0.5) is 0 Å². The lowest BCUT2D eigenvalue weighted by Crippen LogP contribution is -1.95. The quantitative estimate of drug-likeness (QED) is 0.228. The summed E-state index contributed by atoms with van der Waals surface area (Å²) in [7, 11) is 0. The Kier molecular flexibility index (Phi) is 5.28. The number of hydrogen-bond donors (Lipinski definition) is 0. The molecule has 0 radical (unpaired) electrons. The SMILES string of the molecule is c1ccc(-c2cccc(-n3c4cc(-c5ccccn5)ccc4c4ccc(-c5nc6ccccc6s5)cc43)c2)nc1. The highest BCUT2D eigenvalue weighted by Gasteiger charge is 2.16. The van der Waals surface area contributed by atoms with Gasteiger partial charge in [0.25, 0.3) is 0 Å². The molecule has 188 valence electrons. The summed E-state index contributed by atoms with van der Waals surface area (Å²) in [6.45, 7) is 0. The predicted molar refractivity (Wildman–Crippen MR) is 166 cm³/mol. The normalized spacial score (nSPS) is 11.5. The third kappa shape index (κ3) is 3.79. The third-order valence-corrected chi connectivity index (χ3v) is 8.42. The van der Waals surface area contributed by atoms with Gasteiger partial charge in [-0.15, -0.1) is 11.3 Å². The molecule has 0 fully saturated rings. The number of nitrogens with zero attached hydrogens (tertiary/aromatic N) is 4. The van der Waals surface area contributed by atoms with E-state index in [1.165, 1.54) is 15.5 Å². The number of pyridine rings is 2. The Morgan fingerprint density at radius 2 is 1.18 bits per heavy atom. The summed E-state index contributed by atoms with van der Waals surface area (Å²) in [5.74, 6) is 0. The Morgan fingerprint density at radius 1 is 0.525 bits per heavy atom. The van der Waals surface area contributed by atoms with Gasteiger partial charge in [-0.1, -0.05) is 60.7 Å². The first-order valence-electron chi connectivity index (χ1n) is 13.2. The number of hydrogen-bond acceptors (Lipinski definition) is 4. The first-order valence-corrected chi connectivity index (χ1v) is 14.0. The zero-order chi connectivity index (χ0) is 26.5. The fourth-order valence-corrected chi connectivity index (χ4v) is 6.42. The van der Waals surface area contributed by atoms with Crippen LogP contribution in [-0.4, -0.2) is 19.5 Å². The molecule has 0 bridgehead atoms. The van der Waals surface area contributed by atoms with Crippen LogP contribution in [0.1, 0.15) is 0 Å². The Bertz CT molecular complexity index is 2130. The Hall–Kier alpha value is -5.13. The lowest BCUT2D eigenvalue weighted by atomic mass is 10.1. The standard InChI is InChI=1S/C35H22N4S/c1-2-13-34-31(12-1)38-35(40-34)25-15-17-28-27-16-14-24(30-11-4-6-19-37-30)21-32(27)39(33(28)22-25)26-9-7-8-23(20-26)29-10-3-5-18-36-29/h1-22H. The van der Waals surface area contributed by atoms with Crippen LogP contribution < -0.4 is 0 Å². The highest BCUT2D eigenvalue weighted by atomic mass is 32.1. The van der Waals surface area contributed by atoms with Crippen LogP contribution in [0.15, 0.2) is 134 Å². The van der Waals surface area contributed by atoms with Gasteiger partial charge in [0.2, 0.25) is 0 Å². The van der Waals surface area contributed by atoms with Gasteiger partial charge in [0.15, 0.2) is 0 Å². The van der Waals surface area contributed by atoms with Gasteiger partial charge in [0, 0.05) is 45.5 Å². The lowest BCUT2D eigenvalue weighted by Gasteiger charge is -2.11. The minimum atomic E-state index is 0.953. The Morgan fingerprint density at radius 3 is 1.88 bits per heavy atom. The zero-order valence-corrected chi connectivity index (χ0v) is 22.2. The van der Waals surface area contributed by atoms with Crippen LogP contribution in [0.3, 0.4) is 0 Å². The summed E-state index contributed by atoms with van der Waals surface area (Å²) in [5, 5.41) is 3.43. The van der Waals surface area contributed by atoms with Crippen molar-refractivity contribution in [3.05, 3.63) is 134 Å². The van der Waals surface area contributed by atoms with Gasteiger partial charge in [0.05, 0.1) is 32.6 Å². The zero-order valence-electron chi connectivity index (χ0n) is 21.4. The van der Waals surface area contributed by atoms with Crippen molar-refractivity contribution >= 4 is 43.4 Å². The molecule has 4 nitrogen and oxygen atoms in total. The molecule has 0 spiro atoms. The second kappa shape index (κ2) is 9.26. The molecule has 0 atom stereocenters. The molecule has 8 aromatic rings. The molecule has 0 aliphatic heterocycles. The Labute approximate surface area is 234 Å². The summed E-state index contributed by atoms with van der Waals surface area (Å²) < 4.78 is 3.56. The molecular formula is C35H22N4S. The maximum Gasteiger partial charge on any atom is 0.124 e. The topological polar surface area (TPSA) is 43.6 Å². The van der Waals surface area contributed by atoms with Gasteiger partial charge in [-0.2, -0.15) is 0 Å². The molecule has 4 aromatic heterocycles. The second-order valence-corrected chi connectivity index (χ2v) is 10.8. The largest absolute Gasteiger partial charge is 0.309 e. The van der Waals surface area contributed by atoms with Crippen LogP contribution >= 0.6 is 11.3 Å². The van der Waals surface area contributed by atoms with E-state index >= 15 is 0 Å². The number of rotatable bonds is 4. The van der Waals surface area contributed by atoms with Gasteiger partial charge in [0.1, 0.15) is 5.01 Å². The summed E-state index contributed by atoms with van der Waals surface area (Å²) in [5.41, 5.74) is 9.59. The smallest absolute Gasteiger partial charge is 0.124 e. The first kappa shape index (κ1) is 22.8. The van der Waals surface area contributed by atoms with E-state index in [2.05, 4.69) is 106 Å². The molecule has 0 saturated heterocycles. The van der Waals surface area contributed by atoms with Gasteiger partial charge < -0.3 is 4.57 Å². The number of fused-ring (bicyclic) bond motifs is 4. The second-order valence-electron chi connectivity index (χ2n) is 9.77. The van der Waals surface area contributed by atoms with Gasteiger partial charge in [-0.25, -0.2) is 4.98 Å². The molecule has 0 aliphatic rings. The van der Waals surface area contributed by atoms with E-state index in [0.717, 1.165) is 55.3 Å².